The number of nitrogens with one attached hydrogen (secondary N) is 1. The first-order valence-corrected chi connectivity index (χ1v) is 7.87. The number of carbonyl (C=O) groups excluding carboxylic acids is 1. The van der Waals surface area contributed by atoms with Crippen LogP contribution in [0.1, 0.15) is 42.5 Å². The van der Waals surface area contributed by atoms with Crippen LogP contribution in [0.3, 0.4) is 0 Å². The van der Waals surface area contributed by atoms with Crippen molar-refractivity contribution < 1.29 is 14.7 Å². The Balaban J connectivity index is 1.71. The van der Waals surface area contributed by atoms with Crippen molar-refractivity contribution in [3.8, 4) is 0 Å². The molecule has 1 aliphatic carbocycles. The minimum absolute atomic E-state index is 0.000542. The van der Waals surface area contributed by atoms with Gasteiger partial charge in [0.25, 0.3) is 0 Å². The fourth-order valence-electron chi connectivity index (χ4n) is 2.76. The number of benzene rings is 1. The largest absolute Gasteiger partial charge is 0.478 e. The number of nitrogens with zero attached hydrogens (tertiary/aromatic N) is 1. The molecule has 0 spiro atoms. The number of carbonyl (C=O) groups is 2. The molecule has 1 aromatic carbocycles. The van der Waals surface area contributed by atoms with Crippen LogP contribution in [-0.4, -0.2) is 22.0 Å². The van der Waals surface area contributed by atoms with Crippen molar-refractivity contribution >= 4 is 38.6 Å². The maximum atomic E-state index is 12.0. The SMILES string of the molecule is O=C(CC1CCCC1)Nc1nc2ccc(C(=O)O)cc2s1. The number of aromatic carboxylic acids is 1. The number of hydrogen-bond donors (Lipinski definition) is 2. The lowest BCUT2D eigenvalue weighted by molar-refractivity contribution is -0.117. The van der Waals surface area contributed by atoms with Gasteiger partial charge in [-0.3, -0.25) is 4.79 Å². The van der Waals surface area contributed by atoms with Crippen molar-refractivity contribution in [2.75, 3.05) is 5.32 Å². The molecule has 0 saturated heterocycles. The van der Waals surface area contributed by atoms with Crippen LogP contribution in [0, 0.1) is 5.92 Å². The van der Waals surface area contributed by atoms with Gasteiger partial charge in [0.05, 0.1) is 15.8 Å². The molecular weight excluding hydrogens is 288 g/mol. The van der Waals surface area contributed by atoms with Gasteiger partial charge in [-0.15, -0.1) is 0 Å². The monoisotopic (exact) mass is 304 g/mol. The Labute approximate surface area is 126 Å². The first kappa shape index (κ1) is 14.0. The van der Waals surface area contributed by atoms with Crippen molar-refractivity contribution in [1.29, 1.82) is 0 Å². The fourth-order valence-corrected chi connectivity index (χ4v) is 3.68. The van der Waals surface area contributed by atoms with Gasteiger partial charge in [0.1, 0.15) is 0 Å². The molecule has 0 unspecified atom stereocenters. The van der Waals surface area contributed by atoms with Crippen molar-refractivity contribution in [2.45, 2.75) is 32.1 Å². The zero-order valence-electron chi connectivity index (χ0n) is 11.5. The predicted molar refractivity (Wildman–Crippen MR) is 81.8 cm³/mol. The lowest BCUT2D eigenvalue weighted by Gasteiger charge is -2.07. The Morgan fingerprint density at radius 2 is 2.10 bits per heavy atom. The lowest BCUT2D eigenvalue weighted by Crippen LogP contribution is -2.14. The van der Waals surface area contributed by atoms with E-state index in [1.807, 2.05) is 0 Å². The van der Waals surface area contributed by atoms with E-state index in [0.717, 1.165) is 17.5 Å². The summed E-state index contributed by atoms with van der Waals surface area (Å²) in [6, 6.07) is 4.78. The number of fused-ring (bicyclic) bond motifs is 1. The fraction of sp³-hybridized carbons (Fsp3) is 0.400. The Morgan fingerprint density at radius 3 is 2.81 bits per heavy atom. The van der Waals surface area contributed by atoms with Gasteiger partial charge < -0.3 is 10.4 Å². The van der Waals surface area contributed by atoms with E-state index in [-0.39, 0.29) is 11.5 Å². The topological polar surface area (TPSA) is 79.3 Å². The Kier molecular flexibility index (Phi) is 3.88. The van der Waals surface area contributed by atoms with Crippen LogP contribution in [0.2, 0.25) is 0 Å². The summed E-state index contributed by atoms with van der Waals surface area (Å²) < 4.78 is 0.770. The number of amides is 1. The lowest BCUT2D eigenvalue weighted by atomic mass is 10.0. The molecule has 1 amide bonds. The summed E-state index contributed by atoms with van der Waals surface area (Å²) in [6.45, 7) is 0. The molecule has 0 bridgehead atoms. The molecule has 3 rings (SSSR count). The van der Waals surface area contributed by atoms with E-state index in [1.54, 1.807) is 12.1 Å². The Bertz CT molecular complexity index is 689. The molecular formula is C15H16N2O3S. The average molecular weight is 304 g/mol. The van der Waals surface area contributed by atoms with E-state index in [2.05, 4.69) is 10.3 Å². The van der Waals surface area contributed by atoms with Crippen LogP contribution in [0.25, 0.3) is 10.2 Å². The summed E-state index contributed by atoms with van der Waals surface area (Å²) in [5, 5.41) is 12.3. The molecule has 1 aliphatic rings. The minimum Gasteiger partial charge on any atom is -0.478 e. The van der Waals surface area contributed by atoms with Crippen LogP contribution >= 0.6 is 11.3 Å². The average Bonchev–Trinajstić information content (AvgIpc) is 3.05. The number of carboxylic acid groups (broad SMARTS) is 1. The van der Waals surface area contributed by atoms with Crippen LogP contribution in [-0.2, 0) is 4.79 Å². The van der Waals surface area contributed by atoms with Gasteiger partial charge in [0.15, 0.2) is 5.13 Å². The zero-order valence-corrected chi connectivity index (χ0v) is 12.3. The van der Waals surface area contributed by atoms with E-state index in [1.165, 1.54) is 30.2 Å². The van der Waals surface area contributed by atoms with Gasteiger partial charge in [0, 0.05) is 6.42 Å². The first-order chi connectivity index (χ1) is 10.1. The van der Waals surface area contributed by atoms with Crippen molar-refractivity contribution in [3.63, 3.8) is 0 Å². The Morgan fingerprint density at radius 1 is 1.33 bits per heavy atom. The van der Waals surface area contributed by atoms with Gasteiger partial charge in [0.2, 0.25) is 5.91 Å². The normalized spacial score (nSPS) is 15.4. The number of rotatable bonds is 4. The highest BCUT2D eigenvalue weighted by Gasteiger charge is 2.19. The van der Waals surface area contributed by atoms with E-state index >= 15 is 0 Å². The summed E-state index contributed by atoms with van der Waals surface area (Å²) in [5.74, 6) is -0.463. The smallest absolute Gasteiger partial charge is 0.335 e. The second kappa shape index (κ2) is 5.81. The van der Waals surface area contributed by atoms with Crippen molar-refractivity contribution in [2.24, 2.45) is 5.92 Å². The summed E-state index contributed by atoms with van der Waals surface area (Å²) in [4.78, 5) is 27.2. The molecule has 2 N–H and O–H groups in total. The maximum Gasteiger partial charge on any atom is 0.335 e. The van der Waals surface area contributed by atoms with Crippen LogP contribution in [0.15, 0.2) is 18.2 Å². The molecule has 1 fully saturated rings. The number of hydrogen-bond acceptors (Lipinski definition) is 4. The van der Waals surface area contributed by atoms with E-state index in [9.17, 15) is 9.59 Å². The minimum atomic E-state index is -0.961. The number of anilines is 1. The van der Waals surface area contributed by atoms with Crippen LogP contribution in [0.5, 0.6) is 0 Å². The molecule has 110 valence electrons. The second-order valence-electron chi connectivity index (χ2n) is 5.41. The number of aromatic nitrogens is 1. The summed E-state index contributed by atoms with van der Waals surface area (Å²) in [7, 11) is 0. The van der Waals surface area contributed by atoms with E-state index in [4.69, 9.17) is 5.11 Å². The third-order valence-corrected chi connectivity index (χ3v) is 4.76. The zero-order chi connectivity index (χ0) is 14.8. The molecule has 1 heterocycles. The molecule has 0 radical (unpaired) electrons. The van der Waals surface area contributed by atoms with Crippen molar-refractivity contribution in [1.82, 2.24) is 4.98 Å². The van der Waals surface area contributed by atoms with Crippen molar-refractivity contribution in [3.05, 3.63) is 23.8 Å². The molecule has 2 aromatic rings. The maximum absolute atomic E-state index is 12.0. The summed E-state index contributed by atoms with van der Waals surface area (Å²) in [5.41, 5.74) is 0.941. The van der Waals surface area contributed by atoms with Gasteiger partial charge in [-0.2, -0.15) is 0 Å². The second-order valence-corrected chi connectivity index (χ2v) is 6.44. The highest BCUT2D eigenvalue weighted by atomic mass is 32.1. The quantitative estimate of drug-likeness (QED) is 0.906. The standard InChI is InChI=1S/C15H16N2O3S/c18-13(7-9-3-1-2-4-9)17-15-16-11-6-5-10(14(19)20)8-12(11)21-15/h5-6,8-9H,1-4,7H2,(H,19,20)(H,16,17,18). The van der Waals surface area contributed by atoms with Crippen LogP contribution < -0.4 is 5.32 Å². The highest BCUT2D eigenvalue weighted by molar-refractivity contribution is 7.22. The van der Waals surface area contributed by atoms with E-state index in [0.29, 0.717) is 23.0 Å². The van der Waals surface area contributed by atoms with Gasteiger partial charge in [-0.05, 0) is 37.0 Å². The molecule has 0 aliphatic heterocycles. The third kappa shape index (κ3) is 3.21. The molecule has 0 atom stereocenters. The molecule has 1 aromatic heterocycles. The molecule has 21 heavy (non-hydrogen) atoms. The highest BCUT2D eigenvalue weighted by Crippen LogP contribution is 2.30. The van der Waals surface area contributed by atoms with Gasteiger partial charge in [-0.25, -0.2) is 9.78 Å². The number of carboxylic acids is 1. The molecule has 1 saturated carbocycles. The van der Waals surface area contributed by atoms with Gasteiger partial charge >= 0.3 is 5.97 Å². The molecule has 6 heteroatoms. The summed E-state index contributed by atoms with van der Waals surface area (Å²) >= 11 is 1.31. The Hall–Kier alpha value is -1.95. The van der Waals surface area contributed by atoms with E-state index < -0.39 is 5.97 Å². The first-order valence-electron chi connectivity index (χ1n) is 7.05. The molecule has 5 nitrogen and oxygen atoms in total. The van der Waals surface area contributed by atoms with Gasteiger partial charge in [-0.1, -0.05) is 24.2 Å². The summed E-state index contributed by atoms with van der Waals surface area (Å²) in [6.07, 6.45) is 5.26. The predicted octanol–water partition coefficient (Wildman–Crippen LogP) is 3.51. The van der Waals surface area contributed by atoms with Crippen LogP contribution in [0.4, 0.5) is 5.13 Å². The third-order valence-electron chi connectivity index (χ3n) is 3.83. The number of thiazole rings is 1.